The van der Waals surface area contributed by atoms with E-state index in [4.69, 9.17) is 9.15 Å². The summed E-state index contributed by atoms with van der Waals surface area (Å²) < 4.78 is 11.0. The molecule has 5 nitrogen and oxygen atoms in total. The molecule has 1 amide bonds. The zero-order chi connectivity index (χ0) is 18.3. The highest BCUT2D eigenvalue weighted by Crippen LogP contribution is 2.32. The second-order valence-corrected chi connectivity index (χ2v) is 6.60. The molecular weight excluding hydrogens is 330 g/mol. The summed E-state index contributed by atoms with van der Waals surface area (Å²) in [4.78, 5) is 26.2. The van der Waals surface area contributed by atoms with Crippen molar-refractivity contribution in [3.05, 3.63) is 70.6 Å². The predicted octanol–water partition coefficient (Wildman–Crippen LogP) is 3.54. The topological polar surface area (TPSA) is 59.8 Å². The number of para-hydroxylation sites is 1. The molecule has 2 atom stereocenters. The van der Waals surface area contributed by atoms with Crippen LogP contribution < -0.4 is 15.3 Å². The Bertz CT molecular complexity index is 1040. The van der Waals surface area contributed by atoms with Crippen LogP contribution in [0.25, 0.3) is 11.0 Å². The number of anilines is 1. The molecule has 0 fully saturated rings. The summed E-state index contributed by atoms with van der Waals surface area (Å²) in [6.07, 6.45) is 0.187. The molecule has 1 aliphatic heterocycles. The van der Waals surface area contributed by atoms with Crippen molar-refractivity contribution in [2.45, 2.75) is 32.4 Å². The molecule has 132 valence electrons. The van der Waals surface area contributed by atoms with Crippen molar-refractivity contribution in [1.82, 2.24) is 0 Å². The van der Waals surface area contributed by atoms with E-state index < -0.39 is 11.7 Å². The van der Waals surface area contributed by atoms with Crippen LogP contribution in [0.15, 0.2) is 63.8 Å². The first-order valence-corrected chi connectivity index (χ1v) is 8.64. The van der Waals surface area contributed by atoms with Crippen molar-refractivity contribution < 1.29 is 13.9 Å². The minimum Gasteiger partial charge on any atom is -0.481 e. The molecule has 1 aliphatic rings. The second-order valence-electron chi connectivity index (χ2n) is 6.60. The second kappa shape index (κ2) is 6.33. The van der Waals surface area contributed by atoms with Gasteiger partial charge in [0.15, 0.2) is 6.10 Å². The summed E-state index contributed by atoms with van der Waals surface area (Å²) in [6, 6.07) is 16.3. The van der Waals surface area contributed by atoms with Crippen LogP contribution in [-0.4, -0.2) is 18.1 Å². The van der Waals surface area contributed by atoms with E-state index in [0.717, 1.165) is 17.5 Å². The Morgan fingerprint density at radius 1 is 1.19 bits per heavy atom. The smallest absolute Gasteiger partial charge is 0.336 e. The minimum atomic E-state index is -0.656. The highest BCUT2D eigenvalue weighted by Gasteiger charge is 2.33. The van der Waals surface area contributed by atoms with E-state index in [1.54, 1.807) is 36.1 Å². The van der Waals surface area contributed by atoms with Crippen LogP contribution in [0.5, 0.6) is 5.75 Å². The number of benzene rings is 2. The average Bonchev–Trinajstić information content (AvgIpc) is 2.96. The van der Waals surface area contributed by atoms with Crippen LogP contribution >= 0.6 is 0 Å². The molecule has 3 aromatic rings. The van der Waals surface area contributed by atoms with E-state index in [2.05, 4.69) is 6.07 Å². The van der Waals surface area contributed by atoms with Gasteiger partial charge in [0.25, 0.3) is 5.91 Å². The van der Waals surface area contributed by atoms with E-state index in [-0.39, 0.29) is 11.9 Å². The van der Waals surface area contributed by atoms with Gasteiger partial charge in [-0.2, -0.15) is 0 Å². The Labute approximate surface area is 150 Å². The van der Waals surface area contributed by atoms with Crippen molar-refractivity contribution in [2.75, 3.05) is 4.90 Å². The van der Waals surface area contributed by atoms with Crippen molar-refractivity contribution >= 4 is 22.6 Å². The number of ether oxygens (including phenoxy) is 1. The van der Waals surface area contributed by atoms with Gasteiger partial charge in [0.05, 0.1) is 0 Å². The zero-order valence-electron chi connectivity index (χ0n) is 14.6. The summed E-state index contributed by atoms with van der Waals surface area (Å²) in [6.45, 7) is 3.77. The molecule has 26 heavy (non-hydrogen) atoms. The molecule has 0 saturated heterocycles. The fourth-order valence-electron chi connectivity index (χ4n) is 3.47. The lowest BCUT2D eigenvalue weighted by molar-refractivity contribution is -0.124. The Morgan fingerprint density at radius 2 is 1.96 bits per heavy atom. The maximum atomic E-state index is 13.0. The van der Waals surface area contributed by atoms with Gasteiger partial charge in [0.1, 0.15) is 11.3 Å². The van der Waals surface area contributed by atoms with Gasteiger partial charge < -0.3 is 14.1 Å². The van der Waals surface area contributed by atoms with E-state index in [9.17, 15) is 9.59 Å². The fourth-order valence-corrected chi connectivity index (χ4v) is 3.47. The molecule has 0 aliphatic carbocycles. The van der Waals surface area contributed by atoms with Crippen LogP contribution in [0, 0.1) is 0 Å². The number of carbonyl (C=O) groups excluding carboxylic acids is 1. The van der Waals surface area contributed by atoms with E-state index in [1.165, 1.54) is 11.6 Å². The molecule has 2 heterocycles. The quantitative estimate of drug-likeness (QED) is 0.679. The van der Waals surface area contributed by atoms with Gasteiger partial charge in [0, 0.05) is 29.2 Å². The number of hydrogen-bond donors (Lipinski definition) is 0. The van der Waals surface area contributed by atoms with Crippen molar-refractivity contribution in [3.63, 3.8) is 0 Å². The zero-order valence-corrected chi connectivity index (χ0v) is 14.6. The van der Waals surface area contributed by atoms with Gasteiger partial charge in [-0.3, -0.25) is 4.79 Å². The normalized spacial score (nSPS) is 17.2. The van der Waals surface area contributed by atoms with E-state index >= 15 is 0 Å². The lowest BCUT2D eigenvalue weighted by atomic mass is 10.1. The van der Waals surface area contributed by atoms with E-state index in [1.807, 2.05) is 25.1 Å². The van der Waals surface area contributed by atoms with E-state index in [0.29, 0.717) is 11.3 Å². The standard InChI is InChI=1S/C21H19NO4/c1-13-11-16-5-3-4-6-18(16)22(13)21(24)14(2)25-17-9-7-15-8-10-20(23)26-19(15)12-17/h3-10,12-14H,11H2,1-2H3/t13-,14+/m0/s1. The highest BCUT2D eigenvalue weighted by atomic mass is 16.5. The third-order valence-corrected chi connectivity index (χ3v) is 4.70. The number of rotatable bonds is 3. The number of amides is 1. The average molecular weight is 349 g/mol. The summed E-state index contributed by atoms with van der Waals surface area (Å²) in [7, 11) is 0. The lowest BCUT2D eigenvalue weighted by Crippen LogP contribution is -2.43. The number of hydrogen-bond acceptors (Lipinski definition) is 4. The maximum Gasteiger partial charge on any atom is 0.336 e. The van der Waals surface area contributed by atoms with Crippen LogP contribution in [0.2, 0.25) is 0 Å². The molecule has 1 aromatic heterocycles. The summed E-state index contributed by atoms with van der Waals surface area (Å²) in [5, 5.41) is 0.804. The first-order chi connectivity index (χ1) is 12.5. The monoisotopic (exact) mass is 349 g/mol. The molecule has 0 unspecified atom stereocenters. The molecule has 5 heteroatoms. The molecule has 0 radical (unpaired) electrons. The Morgan fingerprint density at radius 3 is 2.81 bits per heavy atom. The first-order valence-electron chi connectivity index (χ1n) is 8.64. The van der Waals surface area contributed by atoms with Gasteiger partial charge in [-0.05, 0) is 50.1 Å². The Balaban J connectivity index is 1.57. The van der Waals surface area contributed by atoms with Crippen molar-refractivity contribution in [1.29, 1.82) is 0 Å². The number of fused-ring (bicyclic) bond motifs is 2. The Hall–Kier alpha value is -3.08. The molecular formula is C21H19NO4. The predicted molar refractivity (Wildman–Crippen MR) is 99.7 cm³/mol. The summed E-state index contributed by atoms with van der Waals surface area (Å²) in [5.41, 5.74) is 2.15. The molecule has 0 saturated carbocycles. The number of carbonyl (C=O) groups is 1. The first kappa shape index (κ1) is 16.4. The van der Waals surface area contributed by atoms with Crippen molar-refractivity contribution in [2.24, 2.45) is 0 Å². The SMILES string of the molecule is C[C@@H](Oc1ccc2ccc(=O)oc2c1)C(=O)N1c2ccccc2C[C@@H]1C. The largest absolute Gasteiger partial charge is 0.481 e. The summed E-state index contributed by atoms with van der Waals surface area (Å²) in [5.74, 6) is 0.407. The van der Waals surface area contributed by atoms with Crippen LogP contribution in [0.4, 0.5) is 5.69 Å². The molecule has 2 aromatic carbocycles. The third-order valence-electron chi connectivity index (χ3n) is 4.70. The van der Waals surface area contributed by atoms with Crippen LogP contribution in [-0.2, 0) is 11.2 Å². The van der Waals surface area contributed by atoms with Gasteiger partial charge >= 0.3 is 5.63 Å². The van der Waals surface area contributed by atoms with Crippen LogP contribution in [0.3, 0.4) is 0 Å². The minimum absolute atomic E-state index is 0.0861. The third kappa shape index (κ3) is 2.86. The lowest BCUT2D eigenvalue weighted by Gasteiger charge is -2.26. The molecule has 0 N–H and O–H groups in total. The molecule has 0 spiro atoms. The highest BCUT2D eigenvalue weighted by molar-refractivity contribution is 5.99. The summed E-state index contributed by atoms with van der Waals surface area (Å²) >= 11 is 0. The Kier molecular flexibility index (Phi) is 3.99. The fraction of sp³-hybridized carbons (Fsp3) is 0.238. The van der Waals surface area contributed by atoms with Gasteiger partial charge in [0.2, 0.25) is 0 Å². The van der Waals surface area contributed by atoms with Gasteiger partial charge in [-0.1, -0.05) is 18.2 Å². The number of nitrogens with zero attached hydrogens (tertiary/aromatic N) is 1. The van der Waals surface area contributed by atoms with Gasteiger partial charge in [-0.15, -0.1) is 0 Å². The molecule has 4 rings (SSSR count). The molecule has 0 bridgehead atoms. The van der Waals surface area contributed by atoms with Gasteiger partial charge in [-0.25, -0.2) is 4.79 Å². The van der Waals surface area contributed by atoms with Crippen molar-refractivity contribution in [3.8, 4) is 5.75 Å². The van der Waals surface area contributed by atoms with Crippen LogP contribution in [0.1, 0.15) is 19.4 Å². The maximum absolute atomic E-state index is 13.0.